The van der Waals surface area contributed by atoms with E-state index in [1.807, 2.05) is 0 Å². The van der Waals surface area contributed by atoms with Crippen molar-refractivity contribution in [3.63, 3.8) is 0 Å². The molecule has 1 fully saturated rings. The van der Waals surface area contributed by atoms with E-state index in [0.717, 1.165) is 0 Å². The Bertz CT molecular complexity index is 217. The summed E-state index contributed by atoms with van der Waals surface area (Å²) in [5, 5.41) is 2.99. The number of nitrogens with one attached hydrogen (secondary N) is 1. The van der Waals surface area contributed by atoms with Gasteiger partial charge in [0, 0.05) is 26.6 Å². The predicted molar refractivity (Wildman–Crippen MR) is 46.1 cm³/mol. The summed E-state index contributed by atoms with van der Waals surface area (Å²) in [6.07, 6.45) is 0. The Morgan fingerprint density at radius 2 is 2.23 bits per heavy atom. The highest BCUT2D eigenvalue weighted by Crippen LogP contribution is 2.00. The fourth-order valence-electron chi connectivity index (χ4n) is 1.34. The van der Waals surface area contributed by atoms with Crippen molar-refractivity contribution in [1.82, 2.24) is 10.2 Å². The number of methoxy groups -OCH3 is 1. The van der Waals surface area contributed by atoms with Gasteiger partial charge in [0.05, 0.1) is 7.11 Å². The molecule has 74 valence electrons. The van der Waals surface area contributed by atoms with E-state index in [9.17, 15) is 9.59 Å². The molecule has 0 bridgehead atoms. The predicted octanol–water partition coefficient (Wildman–Crippen LogP) is -1.02. The fraction of sp³-hybridized carbons (Fsp3) is 0.750. The highest BCUT2D eigenvalue weighted by atomic mass is 16.5. The van der Waals surface area contributed by atoms with E-state index < -0.39 is 0 Å². The van der Waals surface area contributed by atoms with Crippen molar-refractivity contribution < 1.29 is 14.3 Å². The van der Waals surface area contributed by atoms with Crippen LogP contribution >= 0.6 is 0 Å². The highest BCUT2D eigenvalue weighted by Gasteiger charge is 2.26. The van der Waals surface area contributed by atoms with Gasteiger partial charge < -0.3 is 15.0 Å². The third-order valence-corrected chi connectivity index (χ3v) is 2.11. The first-order valence-corrected chi connectivity index (χ1v) is 4.22. The maximum absolute atomic E-state index is 11.1. The molecule has 0 aliphatic carbocycles. The van der Waals surface area contributed by atoms with Gasteiger partial charge in [-0.25, -0.2) is 0 Å². The van der Waals surface area contributed by atoms with Crippen LogP contribution in [0.5, 0.6) is 0 Å². The van der Waals surface area contributed by atoms with Gasteiger partial charge in [-0.1, -0.05) is 0 Å². The van der Waals surface area contributed by atoms with Crippen LogP contribution in [-0.4, -0.2) is 49.6 Å². The number of carbonyl (C=O) groups excluding carboxylic acids is 2. The average Bonchev–Trinajstić information content (AvgIpc) is 2.17. The van der Waals surface area contributed by atoms with Crippen molar-refractivity contribution in [2.75, 3.05) is 26.7 Å². The van der Waals surface area contributed by atoms with E-state index in [0.29, 0.717) is 19.6 Å². The molecule has 0 saturated carbocycles. The van der Waals surface area contributed by atoms with Gasteiger partial charge >= 0.3 is 5.97 Å². The number of piperazine rings is 1. The highest BCUT2D eigenvalue weighted by molar-refractivity contribution is 5.78. The first-order valence-electron chi connectivity index (χ1n) is 4.22. The molecule has 1 aliphatic heterocycles. The number of hydrogen-bond acceptors (Lipinski definition) is 4. The molecule has 0 radical (unpaired) electrons. The molecule has 1 N–H and O–H groups in total. The molecule has 5 heteroatoms. The summed E-state index contributed by atoms with van der Waals surface area (Å²) in [6, 6.07) is -0.373. The van der Waals surface area contributed by atoms with Crippen LogP contribution in [0.4, 0.5) is 0 Å². The molecule has 5 nitrogen and oxygen atoms in total. The molecule has 1 atom stereocenters. The summed E-state index contributed by atoms with van der Waals surface area (Å²) < 4.78 is 4.58. The van der Waals surface area contributed by atoms with Crippen molar-refractivity contribution in [2.24, 2.45) is 0 Å². The van der Waals surface area contributed by atoms with Crippen LogP contribution in [-0.2, 0) is 14.3 Å². The lowest BCUT2D eigenvalue weighted by atomic mass is 10.2. The molecule has 0 aromatic rings. The second kappa shape index (κ2) is 4.23. The Balaban J connectivity index is 2.51. The van der Waals surface area contributed by atoms with Crippen molar-refractivity contribution in [1.29, 1.82) is 0 Å². The first kappa shape index (κ1) is 9.98. The number of hydrogen-bond donors (Lipinski definition) is 1. The monoisotopic (exact) mass is 186 g/mol. The van der Waals surface area contributed by atoms with Crippen molar-refractivity contribution in [3.8, 4) is 0 Å². The molecular formula is C8H14N2O3. The quantitative estimate of drug-likeness (QED) is 0.532. The molecule has 0 unspecified atom stereocenters. The lowest BCUT2D eigenvalue weighted by molar-refractivity contribution is -0.145. The van der Waals surface area contributed by atoms with Crippen LogP contribution in [0, 0.1) is 0 Å². The minimum atomic E-state index is -0.373. The second-order valence-corrected chi connectivity index (χ2v) is 2.99. The number of amides is 1. The minimum Gasteiger partial charge on any atom is -0.468 e. The SMILES string of the molecule is COC(=O)[C@H]1CN(C(C)=O)CCN1. The standard InChI is InChI=1S/C8H14N2O3/c1-6(11)10-4-3-9-7(5-10)8(12)13-2/h7,9H,3-5H2,1-2H3/t7-/m1/s1. The second-order valence-electron chi connectivity index (χ2n) is 2.99. The zero-order valence-corrected chi connectivity index (χ0v) is 7.87. The molecule has 0 aromatic carbocycles. The van der Waals surface area contributed by atoms with Crippen molar-refractivity contribution in [2.45, 2.75) is 13.0 Å². The topological polar surface area (TPSA) is 58.6 Å². The number of carbonyl (C=O) groups is 2. The molecule has 1 aliphatic rings. The summed E-state index contributed by atoms with van der Waals surface area (Å²) in [6.45, 7) is 3.20. The maximum atomic E-state index is 11.1. The van der Waals surface area contributed by atoms with Crippen molar-refractivity contribution in [3.05, 3.63) is 0 Å². The third kappa shape index (κ3) is 2.42. The van der Waals surface area contributed by atoms with E-state index in [1.54, 1.807) is 4.90 Å². The van der Waals surface area contributed by atoms with E-state index in [4.69, 9.17) is 0 Å². The third-order valence-electron chi connectivity index (χ3n) is 2.11. The molecule has 1 saturated heterocycles. The van der Waals surface area contributed by atoms with Gasteiger partial charge in [0.15, 0.2) is 0 Å². The van der Waals surface area contributed by atoms with Crippen LogP contribution in [0.2, 0.25) is 0 Å². The van der Waals surface area contributed by atoms with E-state index in [1.165, 1.54) is 14.0 Å². The normalized spacial score (nSPS) is 22.6. The zero-order valence-electron chi connectivity index (χ0n) is 7.87. The smallest absolute Gasteiger partial charge is 0.324 e. The minimum absolute atomic E-state index is 0.00426. The molecule has 0 aromatic heterocycles. The van der Waals surface area contributed by atoms with Gasteiger partial charge in [0.2, 0.25) is 5.91 Å². The van der Waals surface area contributed by atoms with E-state index in [-0.39, 0.29) is 17.9 Å². The van der Waals surface area contributed by atoms with E-state index in [2.05, 4.69) is 10.1 Å². The molecule has 1 rings (SSSR count). The van der Waals surface area contributed by atoms with Gasteiger partial charge in [-0.2, -0.15) is 0 Å². The maximum Gasteiger partial charge on any atom is 0.324 e. The fourth-order valence-corrected chi connectivity index (χ4v) is 1.34. The Labute approximate surface area is 77.0 Å². The van der Waals surface area contributed by atoms with Crippen LogP contribution < -0.4 is 5.32 Å². The summed E-state index contributed by atoms with van der Waals surface area (Å²) in [5.41, 5.74) is 0. The lowest BCUT2D eigenvalue weighted by Gasteiger charge is -2.31. The average molecular weight is 186 g/mol. The summed E-state index contributed by atoms with van der Waals surface area (Å²) in [7, 11) is 1.34. The number of rotatable bonds is 1. The Hall–Kier alpha value is -1.10. The largest absolute Gasteiger partial charge is 0.468 e. The molecule has 1 heterocycles. The van der Waals surface area contributed by atoms with E-state index >= 15 is 0 Å². The molecule has 1 amide bonds. The van der Waals surface area contributed by atoms with Gasteiger partial charge in [-0.15, -0.1) is 0 Å². The van der Waals surface area contributed by atoms with Gasteiger partial charge in [0.1, 0.15) is 6.04 Å². The van der Waals surface area contributed by atoms with Crippen LogP contribution in [0.1, 0.15) is 6.92 Å². The number of esters is 1. The molecule has 0 spiro atoms. The summed E-state index contributed by atoms with van der Waals surface area (Å²) in [5.74, 6) is -0.318. The Kier molecular flexibility index (Phi) is 3.25. The van der Waals surface area contributed by atoms with Crippen molar-refractivity contribution >= 4 is 11.9 Å². The van der Waals surface area contributed by atoms with Crippen LogP contribution in [0.25, 0.3) is 0 Å². The first-order chi connectivity index (χ1) is 6.15. The summed E-state index contributed by atoms with van der Waals surface area (Å²) >= 11 is 0. The molecule has 13 heavy (non-hydrogen) atoms. The zero-order chi connectivity index (χ0) is 9.84. The molecular weight excluding hydrogens is 172 g/mol. The Morgan fingerprint density at radius 1 is 1.54 bits per heavy atom. The van der Waals surface area contributed by atoms with Crippen LogP contribution in [0.15, 0.2) is 0 Å². The van der Waals surface area contributed by atoms with Gasteiger partial charge in [0.25, 0.3) is 0 Å². The van der Waals surface area contributed by atoms with Gasteiger partial charge in [-0.3, -0.25) is 9.59 Å². The summed E-state index contributed by atoms with van der Waals surface area (Å²) in [4.78, 5) is 23.8. The lowest BCUT2D eigenvalue weighted by Crippen LogP contribution is -2.55. The van der Waals surface area contributed by atoms with Gasteiger partial charge in [-0.05, 0) is 0 Å². The van der Waals surface area contributed by atoms with Crippen LogP contribution in [0.3, 0.4) is 0 Å². The number of ether oxygens (including phenoxy) is 1. The Morgan fingerprint density at radius 3 is 2.77 bits per heavy atom. The number of nitrogens with zero attached hydrogens (tertiary/aromatic N) is 1.